The Morgan fingerprint density at radius 3 is 2.46 bits per heavy atom. The van der Waals surface area contributed by atoms with Gasteiger partial charge in [-0.3, -0.25) is 0 Å². The summed E-state index contributed by atoms with van der Waals surface area (Å²) in [5, 5.41) is 0. The lowest BCUT2D eigenvalue weighted by atomic mass is 10.1. The Balaban J connectivity index is 1.58. The molecule has 0 heterocycles. The maximum Gasteiger partial charge on any atom is 0.0870 e. The highest BCUT2D eigenvalue weighted by atomic mass is 35.5. The van der Waals surface area contributed by atoms with Crippen molar-refractivity contribution in [3.63, 3.8) is 0 Å². The fraction of sp³-hybridized carbons (Fsp3) is 0.333. The molecule has 0 amide bonds. The second-order valence-electron chi connectivity index (χ2n) is 5.77. The van der Waals surface area contributed by atoms with Gasteiger partial charge >= 0.3 is 0 Å². The van der Waals surface area contributed by atoms with Crippen molar-refractivity contribution in [2.75, 3.05) is 6.61 Å². The van der Waals surface area contributed by atoms with Gasteiger partial charge in [-0.25, -0.2) is 0 Å². The van der Waals surface area contributed by atoms with E-state index in [-0.39, 0.29) is 4.71 Å². The van der Waals surface area contributed by atoms with Crippen molar-refractivity contribution < 1.29 is 4.74 Å². The first-order chi connectivity index (χ1) is 11.7. The third-order valence-electron chi connectivity index (χ3n) is 3.63. The van der Waals surface area contributed by atoms with Crippen LogP contribution in [0.1, 0.15) is 31.7 Å². The molecular formula is C21H25ClOS. The summed E-state index contributed by atoms with van der Waals surface area (Å²) in [6.07, 6.45) is 5.25. The standard InChI is InChI=1S/C21H25ClOS/c1-18(9-8-16-23-17-19-10-4-2-5-11-19)14-15-21(22)24-20-12-6-3-7-13-20/h2-7,10-14,21H,8-9,15-17H2,1H3/b18-14+. The Morgan fingerprint density at radius 1 is 1.08 bits per heavy atom. The van der Waals surface area contributed by atoms with E-state index < -0.39 is 0 Å². The normalized spacial score (nSPS) is 13.0. The Morgan fingerprint density at radius 2 is 1.75 bits per heavy atom. The summed E-state index contributed by atoms with van der Waals surface area (Å²) in [6.45, 7) is 3.66. The maximum atomic E-state index is 6.40. The SMILES string of the molecule is C/C(=C\CC(Cl)Sc1ccccc1)CCCOCc1ccccc1. The molecule has 1 atom stereocenters. The van der Waals surface area contributed by atoms with E-state index >= 15 is 0 Å². The van der Waals surface area contributed by atoms with Gasteiger partial charge in [0, 0.05) is 11.5 Å². The Labute approximate surface area is 155 Å². The van der Waals surface area contributed by atoms with E-state index in [4.69, 9.17) is 16.3 Å². The van der Waals surface area contributed by atoms with Gasteiger partial charge in [0.25, 0.3) is 0 Å². The van der Waals surface area contributed by atoms with Crippen molar-refractivity contribution in [2.45, 2.75) is 42.4 Å². The highest BCUT2D eigenvalue weighted by Gasteiger charge is 2.04. The molecule has 24 heavy (non-hydrogen) atoms. The zero-order chi connectivity index (χ0) is 17.0. The van der Waals surface area contributed by atoms with Crippen molar-refractivity contribution in [3.05, 3.63) is 77.9 Å². The molecule has 0 bridgehead atoms. The number of hydrogen-bond acceptors (Lipinski definition) is 2. The quantitative estimate of drug-likeness (QED) is 0.202. The highest BCUT2D eigenvalue weighted by Crippen LogP contribution is 2.28. The molecule has 0 radical (unpaired) electrons. The third-order valence-corrected chi connectivity index (χ3v) is 5.07. The molecule has 2 aromatic rings. The van der Waals surface area contributed by atoms with Crippen LogP contribution < -0.4 is 0 Å². The van der Waals surface area contributed by atoms with Crippen LogP contribution in [-0.2, 0) is 11.3 Å². The summed E-state index contributed by atoms with van der Waals surface area (Å²) < 4.78 is 5.80. The van der Waals surface area contributed by atoms with Gasteiger partial charge in [0.15, 0.2) is 0 Å². The first-order valence-corrected chi connectivity index (χ1v) is 9.69. The van der Waals surface area contributed by atoms with E-state index in [9.17, 15) is 0 Å². The number of allylic oxidation sites excluding steroid dienone is 2. The molecule has 3 heteroatoms. The molecule has 0 aromatic heterocycles. The number of ether oxygens (including phenoxy) is 1. The molecule has 2 aromatic carbocycles. The lowest BCUT2D eigenvalue weighted by Crippen LogP contribution is -1.96. The zero-order valence-electron chi connectivity index (χ0n) is 14.2. The van der Waals surface area contributed by atoms with Gasteiger partial charge in [-0.05, 0) is 43.9 Å². The van der Waals surface area contributed by atoms with E-state index in [1.165, 1.54) is 16.0 Å². The average molecular weight is 361 g/mol. The maximum absolute atomic E-state index is 6.40. The van der Waals surface area contributed by atoms with Crippen molar-refractivity contribution >= 4 is 23.4 Å². The van der Waals surface area contributed by atoms with E-state index in [0.29, 0.717) is 6.61 Å². The number of thioether (sulfide) groups is 1. The van der Waals surface area contributed by atoms with Gasteiger partial charge in [0.05, 0.1) is 11.3 Å². The minimum absolute atomic E-state index is 0.0803. The molecule has 0 aliphatic rings. The van der Waals surface area contributed by atoms with Crippen molar-refractivity contribution in [1.82, 2.24) is 0 Å². The first kappa shape index (κ1) is 19.1. The second-order valence-corrected chi connectivity index (χ2v) is 7.83. The molecule has 2 rings (SSSR count). The zero-order valence-corrected chi connectivity index (χ0v) is 15.7. The van der Waals surface area contributed by atoms with Crippen LogP contribution in [0.4, 0.5) is 0 Å². The lowest BCUT2D eigenvalue weighted by molar-refractivity contribution is 0.118. The third kappa shape index (κ3) is 8.05. The summed E-state index contributed by atoms with van der Waals surface area (Å²) in [7, 11) is 0. The Hall–Kier alpha value is -1.22. The highest BCUT2D eigenvalue weighted by molar-refractivity contribution is 8.01. The molecule has 0 aliphatic carbocycles. The second kappa shape index (κ2) is 11.4. The molecule has 0 fully saturated rings. The Kier molecular flexibility index (Phi) is 9.04. The summed E-state index contributed by atoms with van der Waals surface area (Å²) in [5.74, 6) is 0. The van der Waals surface area contributed by atoms with Crippen LogP contribution in [0.15, 0.2) is 77.2 Å². The number of rotatable bonds is 10. The van der Waals surface area contributed by atoms with Gasteiger partial charge in [0.2, 0.25) is 0 Å². The molecule has 0 aliphatic heterocycles. The van der Waals surface area contributed by atoms with Crippen LogP contribution in [0, 0.1) is 0 Å². The predicted molar refractivity (Wildman–Crippen MR) is 106 cm³/mol. The van der Waals surface area contributed by atoms with E-state index in [1.807, 2.05) is 36.4 Å². The molecule has 128 valence electrons. The minimum atomic E-state index is 0.0803. The Bertz CT molecular complexity index is 598. The fourth-order valence-electron chi connectivity index (χ4n) is 2.31. The van der Waals surface area contributed by atoms with Crippen LogP contribution >= 0.6 is 23.4 Å². The van der Waals surface area contributed by atoms with Crippen molar-refractivity contribution in [2.24, 2.45) is 0 Å². The van der Waals surface area contributed by atoms with Gasteiger partial charge in [-0.1, -0.05) is 60.2 Å². The van der Waals surface area contributed by atoms with Crippen LogP contribution in [0.5, 0.6) is 0 Å². The fourth-order valence-corrected chi connectivity index (χ4v) is 3.51. The van der Waals surface area contributed by atoms with Gasteiger partial charge in [-0.2, -0.15) is 0 Å². The van der Waals surface area contributed by atoms with Crippen LogP contribution in [0.3, 0.4) is 0 Å². The molecule has 0 saturated heterocycles. The minimum Gasteiger partial charge on any atom is -0.377 e. The van der Waals surface area contributed by atoms with Gasteiger partial charge in [-0.15, -0.1) is 23.4 Å². The summed E-state index contributed by atoms with van der Waals surface area (Å²) in [6, 6.07) is 20.6. The molecular weight excluding hydrogens is 336 g/mol. The van der Waals surface area contributed by atoms with Crippen molar-refractivity contribution in [3.8, 4) is 0 Å². The average Bonchev–Trinajstić information content (AvgIpc) is 2.61. The van der Waals surface area contributed by atoms with Crippen molar-refractivity contribution in [1.29, 1.82) is 0 Å². The van der Waals surface area contributed by atoms with Crippen LogP contribution in [0.25, 0.3) is 0 Å². The van der Waals surface area contributed by atoms with Crippen LogP contribution in [-0.4, -0.2) is 11.3 Å². The number of benzene rings is 2. The van der Waals surface area contributed by atoms with E-state index in [1.54, 1.807) is 11.8 Å². The summed E-state index contributed by atoms with van der Waals surface area (Å²) >= 11 is 8.12. The molecule has 1 unspecified atom stereocenters. The van der Waals surface area contributed by atoms with E-state index in [0.717, 1.165) is 25.9 Å². The monoisotopic (exact) mass is 360 g/mol. The molecule has 0 N–H and O–H groups in total. The summed E-state index contributed by atoms with van der Waals surface area (Å²) in [5.41, 5.74) is 2.62. The smallest absolute Gasteiger partial charge is 0.0870 e. The van der Waals surface area contributed by atoms with Crippen LogP contribution in [0.2, 0.25) is 0 Å². The number of halogens is 1. The molecule has 0 spiro atoms. The largest absolute Gasteiger partial charge is 0.377 e. The number of alkyl halides is 1. The molecule has 1 nitrogen and oxygen atoms in total. The first-order valence-electron chi connectivity index (χ1n) is 8.37. The predicted octanol–water partition coefficient (Wildman–Crippen LogP) is 6.68. The molecule has 0 saturated carbocycles. The van der Waals surface area contributed by atoms with E-state index in [2.05, 4.69) is 37.3 Å². The number of hydrogen-bond donors (Lipinski definition) is 0. The lowest BCUT2D eigenvalue weighted by Gasteiger charge is -2.08. The summed E-state index contributed by atoms with van der Waals surface area (Å²) in [4.78, 5) is 1.22. The topological polar surface area (TPSA) is 9.23 Å². The van der Waals surface area contributed by atoms with Gasteiger partial charge < -0.3 is 4.74 Å². The van der Waals surface area contributed by atoms with Gasteiger partial charge in [0.1, 0.15) is 0 Å².